The minimum Gasteiger partial charge on any atom is -0.491 e. The predicted molar refractivity (Wildman–Crippen MR) is 56.6 cm³/mol. The molecule has 1 aromatic carbocycles. The average molecular weight is 226 g/mol. The highest BCUT2D eigenvalue weighted by Crippen LogP contribution is 2.19. The van der Waals surface area contributed by atoms with Crippen molar-refractivity contribution in [1.82, 2.24) is 0 Å². The summed E-state index contributed by atoms with van der Waals surface area (Å²) in [6.07, 6.45) is 1.77. The van der Waals surface area contributed by atoms with Crippen LogP contribution in [0.1, 0.15) is 19.3 Å². The zero-order chi connectivity index (χ0) is 11.4. The molecule has 1 aliphatic heterocycles. The van der Waals surface area contributed by atoms with Gasteiger partial charge in [-0.15, -0.1) is 0 Å². The van der Waals surface area contributed by atoms with Crippen molar-refractivity contribution in [2.75, 3.05) is 6.61 Å². The summed E-state index contributed by atoms with van der Waals surface area (Å²) in [5.41, 5.74) is 0. The first kappa shape index (κ1) is 11.4. The molecule has 2 rings (SSSR count). The molecule has 3 nitrogen and oxygen atoms in total. The number of rotatable bonds is 3. The molecule has 0 aromatic heterocycles. The van der Waals surface area contributed by atoms with Crippen LogP contribution in [0.15, 0.2) is 24.3 Å². The minimum atomic E-state index is -0.671. The van der Waals surface area contributed by atoms with Crippen molar-refractivity contribution in [3.05, 3.63) is 30.1 Å². The molecule has 0 saturated carbocycles. The largest absolute Gasteiger partial charge is 0.491 e. The van der Waals surface area contributed by atoms with E-state index in [1.54, 1.807) is 12.1 Å². The number of hydrogen-bond donors (Lipinski definition) is 1. The quantitative estimate of drug-likeness (QED) is 0.857. The van der Waals surface area contributed by atoms with E-state index in [-0.39, 0.29) is 11.9 Å². The van der Waals surface area contributed by atoms with Crippen LogP contribution in [0.25, 0.3) is 0 Å². The number of hydrogen-bond acceptors (Lipinski definition) is 3. The molecule has 1 saturated heterocycles. The van der Waals surface area contributed by atoms with E-state index in [1.165, 1.54) is 12.1 Å². The fourth-order valence-corrected chi connectivity index (χ4v) is 1.72. The lowest BCUT2D eigenvalue weighted by Crippen LogP contribution is -2.31. The Balaban J connectivity index is 1.80. The summed E-state index contributed by atoms with van der Waals surface area (Å²) in [6, 6.07) is 5.86. The maximum atomic E-state index is 12.6. The molecule has 0 amide bonds. The molecule has 1 heterocycles. The second kappa shape index (κ2) is 5.27. The van der Waals surface area contributed by atoms with Gasteiger partial charge in [0.25, 0.3) is 0 Å². The summed E-state index contributed by atoms with van der Waals surface area (Å²) in [5, 5.41) is 9.29. The van der Waals surface area contributed by atoms with Crippen molar-refractivity contribution in [2.45, 2.75) is 31.7 Å². The third kappa shape index (κ3) is 3.18. The van der Waals surface area contributed by atoms with Crippen LogP contribution < -0.4 is 4.74 Å². The second-order valence-electron chi connectivity index (χ2n) is 3.91. The van der Waals surface area contributed by atoms with Crippen LogP contribution in [0, 0.1) is 5.82 Å². The van der Waals surface area contributed by atoms with E-state index < -0.39 is 6.29 Å². The Morgan fingerprint density at radius 2 is 2.06 bits per heavy atom. The third-order valence-electron chi connectivity index (χ3n) is 2.58. The highest BCUT2D eigenvalue weighted by Gasteiger charge is 2.20. The smallest absolute Gasteiger partial charge is 0.155 e. The first-order valence-electron chi connectivity index (χ1n) is 5.46. The highest BCUT2D eigenvalue weighted by atomic mass is 19.1. The Morgan fingerprint density at radius 1 is 1.31 bits per heavy atom. The summed E-state index contributed by atoms with van der Waals surface area (Å²) >= 11 is 0. The number of ether oxygens (including phenoxy) is 2. The van der Waals surface area contributed by atoms with E-state index in [2.05, 4.69) is 0 Å². The Labute approximate surface area is 93.8 Å². The van der Waals surface area contributed by atoms with Crippen molar-refractivity contribution < 1.29 is 19.0 Å². The lowest BCUT2D eigenvalue weighted by atomic mass is 10.1. The molecule has 16 heavy (non-hydrogen) atoms. The van der Waals surface area contributed by atoms with E-state index in [0.29, 0.717) is 18.8 Å². The van der Waals surface area contributed by atoms with Crippen molar-refractivity contribution in [2.24, 2.45) is 0 Å². The summed E-state index contributed by atoms with van der Waals surface area (Å²) < 4.78 is 23.4. The van der Waals surface area contributed by atoms with Crippen molar-refractivity contribution >= 4 is 0 Å². The van der Waals surface area contributed by atoms with Gasteiger partial charge in [0.2, 0.25) is 0 Å². The maximum absolute atomic E-state index is 12.6. The molecule has 4 heteroatoms. The monoisotopic (exact) mass is 226 g/mol. The van der Waals surface area contributed by atoms with E-state index in [1.807, 2.05) is 0 Å². The summed E-state index contributed by atoms with van der Waals surface area (Å²) in [7, 11) is 0. The van der Waals surface area contributed by atoms with Crippen LogP contribution in [0.2, 0.25) is 0 Å². The van der Waals surface area contributed by atoms with Gasteiger partial charge >= 0.3 is 0 Å². The Kier molecular flexibility index (Phi) is 3.74. The summed E-state index contributed by atoms with van der Waals surface area (Å²) in [5.74, 6) is 0.335. The van der Waals surface area contributed by atoms with E-state index >= 15 is 0 Å². The van der Waals surface area contributed by atoms with Gasteiger partial charge in [-0.05, 0) is 43.5 Å². The van der Waals surface area contributed by atoms with Gasteiger partial charge in [-0.1, -0.05) is 0 Å². The molecule has 1 N–H and O–H groups in total. The standard InChI is InChI=1S/C12H15FO3/c13-9-4-6-10(7-5-9)15-8-11-2-1-3-12(14)16-11/h4-7,11-12,14H,1-3,8H2/t11-,12?/m0/s1. The van der Waals surface area contributed by atoms with Gasteiger partial charge < -0.3 is 14.6 Å². The molecule has 1 unspecified atom stereocenters. The molecule has 1 aliphatic rings. The fourth-order valence-electron chi connectivity index (χ4n) is 1.72. The molecule has 1 aromatic rings. The second-order valence-corrected chi connectivity index (χ2v) is 3.91. The molecule has 0 bridgehead atoms. The van der Waals surface area contributed by atoms with Crippen LogP contribution in [-0.2, 0) is 4.74 Å². The zero-order valence-electron chi connectivity index (χ0n) is 8.93. The van der Waals surface area contributed by atoms with Gasteiger partial charge in [0.15, 0.2) is 6.29 Å². The fraction of sp³-hybridized carbons (Fsp3) is 0.500. The molecular formula is C12H15FO3. The molecule has 0 spiro atoms. The highest BCUT2D eigenvalue weighted by molar-refractivity contribution is 5.22. The van der Waals surface area contributed by atoms with Crippen LogP contribution >= 0.6 is 0 Å². The van der Waals surface area contributed by atoms with Gasteiger partial charge in [-0.3, -0.25) is 0 Å². The zero-order valence-corrected chi connectivity index (χ0v) is 8.93. The van der Waals surface area contributed by atoms with Gasteiger partial charge in [-0.2, -0.15) is 0 Å². The van der Waals surface area contributed by atoms with E-state index in [0.717, 1.165) is 12.8 Å². The van der Waals surface area contributed by atoms with Gasteiger partial charge in [0, 0.05) is 0 Å². The Morgan fingerprint density at radius 3 is 2.75 bits per heavy atom. The molecule has 88 valence electrons. The van der Waals surface area contributed by atoms with Crippen LogP contribution in [-0.4, -0.2) is 24.1 Å². The third-order valence-corrected chi connectivity index (χ3v) is 2.58. The lowest BCUT2D eigenvalue weighted by molar-refractivity contribution is -0.169. The van der Waals surface area contributed by atoms with E-state index in [9.17, 15) is 9.50 Å². The first-order chi connectivity index (χ1) is 7.74. The SMILES string of the molecule is OC1CCC[C@@H](COc2ccc(F)cc2)O1. The maximum Gasteiger partial charge on any atom is 0.155 e. The summed E-state index contributed by atoms with van der Waals surface area (Å²) in [6.45, 7) is 0.392. The number of benzene rings is 1. The van der Waals surface area contributed by atoms with Crippen LogP contribution in [0.3, 0.4) is 0 Å². The van der Waals surface area contributed by atoms with Crippen molar-refractivity contribution in [3.63, 3.8) is 0 Å². The molecule has 0 aliphatic carbocycles. The Hall–Kier alpha value is -1.13. The van der Waals surface area contributed by atoms with Gasteiger partial charge in [0.05, 0.1) is 6.10 Å². The molecular weight excluding hydrogens is 211 g/mol. The van der Waals surface area contributed by atoms with Crippen molar-refractivity contribution in [3.8, 4) is 5.75 Å². The molecule has 2 atom stereocenters. The Bertz CT molecular complexity index is 326. The lowest BCUT2D eigenvalue weighted by Gasteiger charge is -2.26. The number of aliphatic hydroxyl groups is 1. The topological polar surface area (TPSA) is 38.7 Å². The normalized spacial score (nSPS) is 25.4. The summed E-state index contributed by atoms with van der Waals surface area (Å²) in [4.78, 5) is 0. The van der Waals surface area contributed by atoms with Crippen molar-refractivity contribution in [1.29, 1.82) is 0 Å². The van der Waals surface area contributed by atoms with Gasteiger partial charge in [-0.25, -0.2) is 4.39 Å². The number of halogens is 1. The average Bonchev–Trinajstić information content (AvgIpc) is 2.28. The van der Waals surface area contributed by atoms with Crippen LogP contribution in [0.4, 0.5) is 4.39 Å². The molecule has 1 fully saturated rings. The minimum absolute atomic E-state index is 0.0752. The van der Waals surface area contributed by atoms with Crippen LogP contribution in [0.5, 0.6) is 5.75 Å². The number of aliphatic hydroxyl groups excluding tert-OH is 1. The molecule has 0 radical (unpaired) electrons. The predicted octanol–water partition coefficient (Wildman–Crippen LogP) is 2.09. The first-order valence-corrected chi connectivity index (χ1v) is 5.46. The van der Waals surface area contributed by atoms with Gasteiger partial charge in [0.1, 0.15) is 18.2 Å². The van der Waals surface area contributed by atoms with E-state index in [4.69, 9.17) is 9.47 Å².